The maximum atomic E-state index is 12.4. The molecule has 1 aromatic carbocycles. The summed E-state index contributed by atoms with van der Waals surface area (Å²) >= 11 is 1.34. The number of hydrogen-bond donors (Lipinski definition) is 2. The van der Waals surface area contributed by atoms with Crippen LogP contribution < -0.4 is 16.6 Å². The van der Waals surface area contributed by atoms with E-state index < -0.39 is 17.2 Å². The Labute approximate surface area is 135 Å². The van der Waals surface area contributed by atoms with Gasteiger partial charge in [-0.05, 0) is 37.6 Å². The van der Waals surface area contributed by atoms with Crippen LogP contribution in [0.15, 0.2) is 39.9 Å². The summed E-state index contributed by atoms with van der Waals surface area (Å²) in [5.74, 6) is -0.422. The summed E-state index contributed by atoms with van der Waals surface area (Å²) in [7, 11) is 0. The van der Waals surface area contributed by atoms with Gasteiger partial charge in [0.15, 0.2) is 0 Å². The van der Waals surface area contributed by atoms with Crippen LogP contribution in [0.2, 0.25) is 0 Å². The molecule has 1 amide bonds. The molecule has 0 radical (unpaired) electrons. The fourth-order valence-electron chi connectivity index (χ4n) is 2.38. The van der Waals surface area contributed by atoms with Crippen molar-refractivity contribution in [2.75, 3.05) is 5.32 Å². The van der Waals surface area contributed by atoms with Crippen molar-refractivity contribution in [3.8, 4) is 0 Å². The molecule has 0 aliphatic rings. The number of aromatic amines is 1. The van der Waals surface area contributed by atoms with Crippen molar-refractivity contribution >= 4 is 33.1 Å². The summed E-state index contributed by atoms with van der Waals surface area (Å²) in [6.07, 6.45) is 0. The van der Waals surface area contributed by atoms with Crippen LogP contribution in [0.4, 0.5) is 5.69 Å². The lowest BCUT2D eigenvalue weighted by Crippen LogP contribution is -2.38. The second kappa shape index (κ2) is 5.85. The van der Waals surface area contributed by atoms with Crippen molar-refractivity contribution < 1.29 is 4.79 Å². The number of carbonyl (C=O) groups excluding carboxylic acids is 1. The van der Waals surface area contributed by atoms with Crippen molar-refractivity contribution in [2.45, 2.75) is 20.4 Å². The molecule has 7 heteroatoms. The molecule has 2 aromatic heterocycles. The first-order valence-electron chi connectivity index (χ1n) is 7.04. The molecule has 0 bridgehead atoms. The smallest absolute Gasteiger partial charge is 0.325 e. The molecule has 2 N–H and O–H groups in total. The number of amides is 1. The van der Waals surface area contributed by atoms with E-state index in [0.29, 0.717) is 15.9 Å². The van der Waals surface area contributed by atoms with Crippen LogP contribution >= 0.6 is 11.3 Å². The fraction of sp³-hybridized carbons (Fsp3) is 0.188. The van der Waals surface area contributed by atoms with E-state index in [4.69, 9.17) is 0 Å². The number of benzene rings is 1. The van der Waals surface area contributed by atoms with Crippen LogP contribution in [-0.2, 0) is 11.3 Å². The van der Waals surface area contributed by atoms with E-state index in [-0.39, 0.29) is 6.54 Å². The number of nitrogens with one attached hydrogen (secondary N) is 2. The van der Waals surface area contributed by atoms with Crippen molar-refractivity contribution in [1.82, 2.24) is 9.55 Å². The molecule has 0 spiro atoms. The Hall–Kier alpha value is -2.67. The van der Waals surface area contributed by atoms with E-state index in [1.807, 2.05) is 32.0 Å². The lowest BCUT2D eigenvalue weighted by Gasteiger charge is -2.07. The zero-order valence-corrected chi connectivity index (χ0v) is 13.5. The highest BCUT2D eigenvalue weighted by atomic mass is 32.1. The highest BCUT2D eigenvalue weighted by Crippen LogP contribution is 2.18. The quantitative estimate of drug-likeness (QED) is 0.771. The minimum Gasteiger partial charge on any atom is -0.325 e. The Balaban J connectivity index is 1.90. The normalized spacial score (nSPS) is 10.9. The minimum absolute atomic E-state index is 0.326. The number of nitrogens with zero attached hydrogens (tertiary/aromatic N) is 1. The molecule has 3 aromatic rings. The van der Waals surface area contributed by atoms with E-state index >= 15 is 0 Å². The standard InChI is InChI=1S/C16H15N3O3S/c1-9-4-3-5-11(6-9)17-13(20)8-19-15(21)12-7-10(2)23-14(12)18-16(19)22/h3-7H,8H2,1-2H3,(H,17,20)(H,18,22). The highest BCUT2D eigenvalue weighted by Gasteiger charge is 2.13. The Morgan fingerprint density at radius 1 is 1.26 bits per heavy atom. The van der Waals surface area contributed by atoms with E-state index in [1.54, 1.807) is 12.1 Å². The average molecular weight is 329 g/mol. The number of hydrogen-bond acceptors (Lipinski definition) is 4. The van der Waals surface area contributed by atoms with Gasteiger partial charge in [0.1, 0.15) is 11.4 Å². The van der Waals surface area contributed by atoms with Gasteiger partial charge < -0.3 is 5.32 Å². The number of H-pyrrole nitrogens is 1. The van der Waals surface area contributed by atoms with Gasteiger partial charge in [0.05, 0.1) is 5.39 Å². The average Bonchev–Trinajstić information content (AvgIpc) is 2.84. The van der Waals surface area contributed by atoms with Gasteiger partial charge >= 0.3 is 5.69 Å². The van der Waals surface area contributed by atoms with Crippen molar-refractivity contribution in [3.05, 3.63) is 61.6 Å². The topological polar surface area (TPSA) is 84.0 Å². The van der Waals surface area contributed by atoms with Gasteiger partial charge in [0.2, 0.25) is 5.91 Å². The molecule has 118 valence electrons. The second-order valence-corrected chi connectivity index (χ2v) is 6.60. The Morgan fingerprint density at radius 3 is 2.78 bits per heavy atom. The molecule has 3 rings (SSSR count). The van der Waals surface area contributed by atoms with Crippen LogP contribution in [0.3, 0.4) is 0 Å². The Bertz CT molecular complexity index is 1010. The van der Waals surface area contributed by atoms with Crippen molar-refractivity contribution in [3.63, 3.8) is 0 Å². The molecule has 6 nitrogen and oxygen atoms in total. The molecule has 0 saturated heterocycles. The van der Waals surface area contributed by atoms with Crippen LogP contribution in [0, 0.1) is 13.8 Å². The lowest BCUT2D eigenvalue weighted by atomic mass is 10.2. The number of aryl methyl sites for hydroxylation is 2. The zero-order chi connectivity index (χ0) is 16.6. The maximum Gasteiger partial charge on any atom is 0.329 e. The van der Waals surface area contributed by atoms with E-state index in [2.05, 4.69) is 10.3 Å². The van der Waals surface area contributed by atoms with E-state index in [0.717, 1.165) is 15.0 Å². The molecular weight excluding hydrogens is 314 g/mol. The summed E-state index contributed by atoms with van der Waals surface area (Å²) in [5.41, 5.74) is 0.608. The van der Waals surface area contributed by atoms with E-state index in [1.165, 1.54) is 11.3 Å². The van der Waals surface area contributed by atoms with Crippen molar-refractivity contribution in [2.24, 2.45) is 0 Å². The van der Waals surface area contributed by atoms with Gasteiger partial charge in [-0.2, -0.15) is 0 Å². The number of thiophene rings is 1. The molecule has 23 heavy (non-hydrogen) atoms. The van der Waals surface area contributed by atoms with Crippen molar-refractivity contribution in [1.29, 1.82) is 0 Å². The largest absolute Gasteiger partial charge is 0.329 e. The monoisotopic (exact) mass is 329 g/mol. The summed E-state index contributed by atoms with van der Waals surface area (Å²) in [6, 6.07) is 9.02. The number of anilines is 1. The first-order chi connectivity index (χ1) is 10.9. The third-order valence-electron chi connectivity index (χ3n) is 3.40. The lowest BCUT2D eigenvalue weighted by molar-refractivity contribution is -0.116. The molecule has 2 heterocycles. The zero-order valence-electron chi connectivity index (χ0n) is 12.7. The fourth-order valence-corrected chi connectivity index (χ4v) is 3.27. The predicted molar refractivity (Wildman–Crippen MR) is 91.3 cm³/mol. The Kier molecular flexibility index (Phi) is 3.87. The van der Waals surface area contributed by atoms with Gasteiger partial charge in [-0.1, -0.05) is 12.1 Å². The second-order valence-electron chi connectivity index (χ2n) is 5.34. The molecule has 0 atom stereocenters. The molecule has 0 fully saturated rings. The maximum absolute atomic E-state index is 12.4. The molecule has 0 aliphatic heterocycles. The molecule has 0 saturated carbocycles. The van der Waals surface area contributed by atoms with Gasteiger partial charge in [0.25, 0.3) is 5.56 Å². The SMILES string of the molecule is Cc1cccc(NC(=O)Cn2c(=O)[nH]c3sc(C)cc3c2=O)c1. The number of carbonyl (C=O) groups is 1. The molecular formula is C16H15N3O3S. The first-order valence-corrected chi connectivity index (χ1v) is 7.85. The van der Waals surface area contributed by atoms with Gasteiger partial charge in [-0.3, -0.25) is 19.1 Å². The summed E-state index contributed by atoms with van der Waals surface area (Å²) < 4.78 is 0.916. The number of aromatic nitrogens is 2. The minimum atomic E-state index is -0.580. The van der Waals surface area contributed by atoms with Gasteiger partial charge in [-0.25, -0.2) is 4.79 Å². The number of rotatable bonds is 3. The summed E-state index contributed by atoms with van der Waals surface area (Å²) in [6.45, 7) is 3.45. The molecule has 0 aliphatic carbocycles. The molecule has 0 unspecified atom stereocenters. The van der Waals surface area contributed by atoms with Crippen LogP contribution in [0.1, 0.15) is 10.4 Å². The van der Waals surface area contributed by atoms with Gasteiger partial charge in [-0.15, -0.1) is 11.3 Å². The third kappa shape index (κ3) is 3.09. The first kappa shape index (κ1) is 15.2. The Morgan fingerprint density at radius 2 is 2.04 bits per heavy atom. The summed E-state index contributed by atoms with van der Waals surface area (Å²) in [4.78, 5) is 40.6. The van der Waals surface area contributed by atoms with Crippen LogP contribution in [-0.4, -0.2) is 15.5 Å². The van der Waals surface area contributed by atoms with Gasteiger partial charge in [0, 0.05) is 10.6 Å². The highest BCUT2D eigenvalue weighted by molar-refractivity contribution is 7.18. The van der Waals surface area contributed by atoms with Crippen LogP contribution in [0.5, 0.6) is 0 Å². The van der Waals surface area contributed by atoms with Crippen LogP contribution in [0.25, 0.3) is 10.2 Å². The van der Waals surface area contributed by atoms with E-state index in [9.17, 15) is 14.4 Å². The summed E-state index contributed by atoms with van der Waals surface area (Å²) in [5, 5.41) is 3.12. The predicted octanol–water partition coefficient (Wildman–Crippen LogP) is 2.01. The third-order valence-corrected chi connectivity index (χ3v) is 4.37. The number of fused-ring (bicyclic) bond motifs is 1.